The van der Waals surface area contributed by atoms with Crippen molar-refractivity contribution < 1.29 is 14.4 Å². The summed E-state index contributed by atoms with van der Waals surface area (Å²) < 4.78 is 0. The number of rotatable bonds is 4. The maximum atomic E-state index is 11.1. The van der Waals surface area contributed by atoms with Crippen LogP contribution in [-0.4, -0.2) is 18.9 Å². The Hall–Kier alpha value is -2.29. The van der Waals surface area contributed by atoms with Crippen molar-refractivity contribution in [3.05, 3.63) is 53.6 Å². The fraction of sp³-hybridized carbons (Fsp3) is 0.133. The smallest absolute Gasteiger partial charge is 0.149 e. The first-order valence-electron chi connectivity index (χ1n) is 5.60. The van der Waals surface area contributed by atoms with Gasteiger partial charge >= 0.3 is 0 Å². The maximum absolute atomic E-state index is 11.1. The molecule has 3 heteroatoms. The van der Waals surface area contributed by atoms with Crippen LogP contribution in [0.25, 0.3) is 5.57 Å². The van der Waals surface area contributed by atoms with E-state index in [2.05, 4.69) is 0 Å². The molecule has 0 atom stereocenters. The van der Waals surface area contributed by atoms with Crippen molar-refractivity contribution in [3.63, 3.8) is 0 Å². The van der Waals surface area contributed by atoms with Crippen LogP contribution in [0, 0.1) is 5.41 Å². The predicted molar refractivity (Wildman–Crippen MR) is 67.7 cm³/mol. The minimum absolute atomic E-state index is 0.293. The molecule has 0 aromatic heterocycles. The molecule has 1 aliphatic carbocycles. The van der Waals surface area contributed by atoms with Gasteiger partial charge < -0.3 is 9.59 Å². The highest BCUT2D eigenvalue weighted by Crippen LogP contribution is 2.35. The Morgan fingerprint density at radius 1 is 1.00 bits per heavy atom. The first-order valence-corrected chi connectivity index (χ1v) is 5.60. The molecule has 0 fully saturated rings. The molecule has 0 heterocycles. The Morgan fingerprint density at radius 2 is 1.67 bits per heavy atom. The van der Waals surface area contributed by atoms with Crippen molar-refractivity contribution >= 4 is 24.4 Å². The van der Waals surface area contributed by atoms with E-state index in [9.17, 15) is 14.4 Å². The molecule has 0 saturated carbocycles. The fourth-order valence-corrected chi connectivity index (χ4v) is 2.07. The SMILES string of the molecule is O=CC1=CC(C=O)(C=O)CC(c2ccccc2)=C1. The zero-order chi connectivity index (χ0) is 13.0. The molecule has 2 rings (SSSR count). The van der Waals surface area contributed by atoms with Crippen LogP contribution in [0.2, 0.25) is 0 Å². The number of allylic oxidation sites excluding steroid dienone is 4. The zero-order valence-electron chi connectivity index (χ0n) is 9.71. The second-order valence-electron chi connectivity index (χ2n) is 4.32. The molecule has 1 aliphatic rings. The number of benzene rings is 1. The summed E-state index contributed by atoms with van der Waals surface area (Å²) in [6.45, 7) is 0. The van der Waals surface area contributed by atoms with Gasteiger partial charge in [0.15, 0.2) is 0 Å². The van der Waals surface area contributed by atoms with E-state index in [0.29, 0.717) is 30.9 Å². The largest absolute Gasteiger partial charge is 0.302 e. The summed E-state index contributed by atoms with van der Waals surface area (Å²) in [6.07, 6.45) is 5.28. The van der Waals surface area contributed by atoms with Gasteiger partial charge in [-0.15, -0.1) is 0 Å². The molecule has 1 aromatic carbocycles. The summed E-state index contributed by atoms with van der Waals surface area (Å²) in [4.78, 5) is 33.2. The molecule has 0 spiro atoms. The lowest BCUT2D eigenvalue weighted by Crippen LogP contribution is -2.25. The van der Waals surface area contributed by atoms with Crippen LogP contribution in [0.4, 0.5) is 0 Å². The van der Waals surface area contributed by atoms with Gasteiger partial charge in [0, 0.05) is 5.57 Å². The normalized spacial score (nSPS) is 17.3. The van der Waals surface area contributed by atoms with Gasteiger partial charge in [0.05, 0.1) is 0 Å². The van der Waals surface area contributed by atoms with Crippen LogP contribution in [0.15, 0.2) is 48.1 Å². The van der Waals surface area contributed by atoms with E-state index < -0.39 is 5.41 Å². The quantitative estimate of drug-likeness (QED) is 0.597. The zero-order valence-corrected chi connectivity index (χ0v) is 9.71. The summed E-state index contributed by atoms with van der Waals surface area (Å²) in [5.41, 5.74) is 0.882. The molecule has 0 bridgehead atoms. The van der Waals surface area contributed by atoms with Crippen LogP contribution in [0.1, 0.15) is 12.0 Å². The molecule has 90 valence electrons. The van der Waals surface area contributed by atoms with E-state index in [0.717, 1.165) is 11.1 Å². The van der Waals surface area contributed by atoms with Crippen LogP contribution in [0.5, 0.6) is 0 Å². The van der Waals surface area contributed by atoms with Crippen LogP contribution < -0.4 is 0 Å². The van der Waals surface area contributed by atoms with Crippen molar-refractivity contribution in [1.29, 1.82) is 0 Å². The molecule has 18 heavy (non-hydrogen) atoms. The molecule has 1 aromatic rings. The van der Waals surface area contributed by atoms with Crippen molar-refractivity contribution in [1.82, 2.24) is 0 Å². The second kappa shape index (κ2) is 4.92. The van der Waals surface area contributed by atoms with Crippen LogP contribution in [0.3, 0.4) is 0 Å². The molecule has 0 amide bonds. The van der Waals surface area contributed by atoms with Gasteiger partial charge in [0.2, 0.25) is 0 Å². The van der Waals surface area contributed by atoms with E-state index in [1.165, 1.54) is 6.08 Å². The Kier molecular flexibility index (Phi) is 3.33. The first-order chi connectivity index (χ1) is 8.73. The Balaban J connectivity index is 2.48. The molecule has 0 saturated heterocycles. The maximum Gasteiger partial charge on any atom is 0.149 e. The molecular formula is C15H12O3. The summed E-state index contributed by atoms with van der Waals surface area (Å²) in [7, 11) is 0. The highest BCUT2D eigenvalue weighted by Gasteiger charge is 2.31. The van der Waals surface area contributed by atoms with Gasteiger partial charge in [0.25, 0.3) is 0 Å². The standard InChI is InChI=1S/C15H12O3/c16-9-12-6-14(13-4-2-1-3-5-13)8-15(7-12,10-17)11-18/h1-7,9-11H,8H2. The molecule has 0 N–H and O–H groups in total. The molecule has 3 nitrogen and oxygen atoms in total. The molecule has 0 aliphatic heterocycles. The van der Waals surface area contributed by atoms with Gasteiger partial charge in [-0.05, 0) is 23.6 Å². The first kappa shape index (κ1) is 12.2. The summed E-state index contributed by atoms with van der Waals surface area (Å²) in [5.74, 6) is 0. The molecular weight excluding hydrogens is 228 g/mol. The Labute approximate surface area is 105 Å². The highest BCUT2D eigenvalue weighted by molar-refractivity contribution is 5.96. The van der Waals surface area contributed by atoms with Crippen molar-refractivity contribution in [2.24, 2.45) is 5.41 Å². The minimum atomic E-state index is -1.21. The topological polar surface area (TPSA) is 51.2 Å². The van der Waals surface area contributed by atoms with E-state index in [1.807, 2.05) is 30.3 Å². The van der Waals surface area contributed by atoms with Crippen LogP contribution >= 0.6 is 0 Å². The van der Waals surface area contributed by atoms with Gasteiger partial charge in [-0.3, -0.25) is 4.79 Å². The number of hydrogen-bond acceptors (Lipinski definition) is 3. The monoisotopic (exact) mass is 240 g/mol. The van der Waals surface area contributed by atoms with E-state index in [-0.39, 0.29) is 0 Å². The minimum Gasteiger partial charge on any atom is -0.302 e. The average molecular weight is 240 g/mol. The Bertz CT molecular complexity index is 530. The van der Waals surface area contributed by atoms with Crippen molar-refractivity contribution in [2.45, 2.75) is 6.42 Å². The third-order valence-corrected chi connectivity index (χ3v) is 2.99. The lowest BCUT2D eigenvalue weighted by Gasteiger charge is -2.24. The lowest BCUT2D eigenvalue weighted by atomic mass is 9.77. The third kappa shape index (κ3) is 2.20. The average Bonchev–Trinajstić information content (AvgIpc) is 2.47. The van der Waals surface area contributed by atoms with Gasteiger partial charge in [0.1, 0.15) is 24.3 Å². The van der Waals surface area contributed by atoms with Gasteiger partial charge in [-0.1, -0.05) is 36.4 Å². The number of carbonyl (C=O) groups is 3. The van der Waals surface area contributed by atoms with E-state index >= 15 is 0 Å². The lowest BCUT2D eigenvalue weighted by molar-refractivity contribution is -0.123. The third-order valence-electron chi connectivity index (χ3n) is 2.99. The molecule has 0 radical (unpaired) electrons. The molecule has 0 unspecified atom stereocenters. The summed E-state index contributed by atoms with van der Waals surface area (Å²) in [6, 6.07) is 9.41. The summed E-state index contributed by atoms with van der Waals surface area (Å²) >= 11 is 0. The predicted octanol–water partition coefficient (Wildman–Crippen LogP) is 1.98. The number of carbonyl (C=O) groups excluding carboxylic acids is 3. The van der Waals surface area contributed by atoms with Crippen molar-refractivity contribution in [2.75, 3.05) is 0 Å². The van der Waals surface area contributed by atoms with Crippen molar-refractivity contribution in [3.8, 4) is 0 Å². The fourth-order valence-electron chi connectivity index (χ4n) is 2.07. The van der Waals surface area contributed by atoms with Gasteiger partial charge in [-0.25, -0.2) is 0 Å². The van der Waals surface area contributed by atoms with Crippen LogP contribution in [-0.2, 0) is 14.4 Å². The second-order valence-corrected chi connectivity index (χ2v) is 4.32. The van der Waals surface area contributed by atoms with Gasteiger partial charge in [-0.2, -0.15) is 0 Å². The number of hydrogen-bond donors (Lipinski definition) is 0. The summed E-state index contributed by atoms with van der Waals surface area (Å²) in [5, 5.41) is 0. The van der Waals surface area contributed by atoms with E-state index in [1.54, 1.807) is 6.08 Å². The highest BCUT2D eigenvalue weighted by atomic mass is 16.1. The Morgan fingerprint density at radius 3 is 2.22 bits per heavy atom. The van der Waals surface area contributed by atoms with E-state index in [4.69, 9.17) is 0 Å². The number of aldehydes is 3.